The molecule has 3 saturated carbocycles. The van der Waals surface area contributed by atoms with E-state index in [-0.39, 0.29) is 16.9 Å². The first-order chi connectivity index (χ1) is 9.95. The highest BCUT2D eigenvalue weighted by Gasteiger charge is 2.56. The summed E-state index contributed by atoms with van der Waals surface area (Å²) < 4.78 is 0. The minimum absolute atomic E-state index is 0.112. The molecule has 4 rings (SSSR count). The first kappa shape index (κ1) is 14.0. The average Bonchev–Trinajstić information content (AvgIpc) is 2.76. The van der Waals surface area contributed by atoms with E-state index in [1.165, 1.54) is 19.3 Å². The lowest BCUT2D eigenvalue weighted by molar-refractivity contribution is -0.125. The van der Waals surface area contributed by atoms with Gasteiger partial charge in [-0.1, -0.05) is 25.5 Å². The maximum atomic E-state index is 11.8. The summed E-state index contributed by atoms with van der Waals surface area (Å²) >= 11 is 0. The van der Waals surface area contributed by atoms with Gasteiger partial charge in [-0.15, -0.1) is 0 Å². The third-order valence-electron chi connectivity index (χ3n) is 7.79. The molecule has 0 spiro atoms. The van der Waals surface area contributed by atoms with Crippen molar-refractivity contribution in [1.82, 2.24) is 0 Å². The van der Waals surface area contributed by atoms with Gasteiger partial charge in [-0.05, 0) is 61.7 Å². The summed E-state index contributed by atoms with van der Waals surface area (Å²) in [6.07, 6.45) is 10.7. The van der Waals surface area contributed by atoms with Crippen molar-refractivity contribution in [2.75, 3.05) is 0 Å². The van der Waals surface area contributed by atoms with Gasteiger partial charge in [0.2, 0.25) is 0 Å². The van der Waals surface area contributed by atoms with Crippen molar-refractivity contribution in [3.8, 4) is 0 Å². The molecule has 2 heteroatoms. The molecule has 0 bridgehead atoms. The number of carbonyl (C=O) groups is 1. The third-order valence-corrected chi connectivity index (χ3v) is 7.79. The van der Waals surface area contributed by atoms with Gasteiger partial charge in [0.1, 0.15) is 5.78 Å². The first-order valence-corrected chi connectivity index (χ1v) is 8.85. The number of rotatable bonds is 0. The molecule has 1 N–H and O–H groups in total. The van der Waals surface area contributed by atoms with Crippen LogP contribution in [0.3, 0.4) is 0 Å². The number of ketones is 1. The van der Waals surface area contributed by atoms with Gasteiger partial charge in [0.05, 0.1) is 6.10 Å². The Balaban J connectivity index is 1.71. The van der Waals surface area contributed by atoms with Crippen molar-refractivity contribution in [2.45, 2.75) is 71.3 Å². The van der Waals surface area contributed by atoms with Crippen LogP contribution < -0.4 is 0 Å². The van der Waals surface area contributed by atoms with Crippen LogP contribution in [0.15, 0.2) is 11.6 Å². The first-order valence-electron chi connectivity index (χ1n) is 8.85. The number of fused-ring (bicyclic) bond motifs is 5. The number of aliphatic hydroxyl groups excluding tert-OH is 1. The predicted octanol–water partition coefficient (Wildman–Crippen LogP) is 3.88. The maximum absolute atomic E-state index is 11.8. The number of hydrogen-bond acceptors (Lipinski definition) is 2. The Morgan fingerprint density at radius 1 is 1.19 bits per heavy atom. The molecule has 0 unspecified atom stereocenters. The van der Waals surface area contributed by atoms with E-state index in [1.807, 2.05) is 0 Å². The Morgan fingerprint density at radius 2 is 2.00 bits per heavy atom. The number of Topliss-reactive ketones (excluding diaryl/α,β-unsaturated/α-hetero) is 1. The van der Waals surface area contributed by atoms with E-state index in [9.17, 15) is 9.90 Å². The van der Waals surface area contributed by atoms with Crippen LogP contribution >= 0.6 is 0 Å². The van der Waals surface area contributed by atoms with Gasteiger partial charge in [0.25, 0.3) is 0 Å². The Morgan fingerprint density at radius 3 is 2.81 bits per heavy atom. The van der Waals surface area contributed by atoms with Crippen molar-refractivity contribution >= 4 is 5.78 Å². The summed E-state index contributed by atoms with van der Waals surface area (Å²) in [4.78, 5) is 11.8. The molecule has 0 aromatic carbocycles. The van der Waals surface area contributed by atoms with Crippen LogP contribution in [-0.4, -0.2) is 17.0 Å². The van der Waals surface area contributed by atoms with Gasteiger partial charge in [-0.25, -0.2) is 0 Å². The summed E-state index contributed by atoms with van der Waals surface area (Å²) in [5.41, 5.74) is 2.05. The van der Waals surface area contributed by atoms with Gasteiger partial charge in [-0.3, -0.25) is 4.79 Å². The third kappa shape index (κ3) is 1.78. The molecule has 0 aliphatic heterocycles. The van der Waals surface area contributed by atoms with Gasteiger partial charge < -0.3 is 5.11 Å². The summed E-state index contributed by atoms with van der Waals surface area (Å²) in [6, 6.07) is 0. The topological polar surface area (TPSA) is 37.3 Å². The molecule has 4 aliphatic rings. The molecule has 3 fully saturated rings. The quantitative estimate of drug-likeness (QED) is 0.687. The van der Waals surface area contributed by atoms with Crippen molar-refractivity contribution in [1.29, 1.82) is 0 Å². The molecule has 116 valence electrons. The SMILES string of the molecule is C[C@@]12CC=C3[C@H](CC[C@@H]4CC(=O)CC[C@@]34C)[C@H]1CC[C@H]2O. The molecule has 0 radical (unpaired) electrons. The van der Waals surface area contributed by atoms with E-state index < -0.39 is 0 Å². The molecule has 0 aromatic heterocycles. The molecule has 6 atom stereocenters. The average molecular weight is 288 g/mol. The minimum Gasteiger partial charge on any atom is -0.393 e. The lowest BCUT2D eigenvalue weighted by Gasteiger charge is -2.55. The van der Waals surface area contributed by atoms with Crippen molar-refractivity contribution in [2.24, 2.45) is 28.6 Å². The van der Waals surface area contributed by atoms with E-state index in [1.54, 1.807) is 5.57 Å². The zero-order chi connectivity index (χ0) is 14.8. The van der Waals surface area contributed by atoms with E-state index >= 15 is 0 Å². The van der Waals surface area contributed by atoms with Crippen molar-refractivity contribution < 1.29 is 9.90 Å². The van der Waals surface area contributed by atoms with E-state index in [0.717, 1.165) is 32.1 Å². The zero-order valence-electron chi connectivity index (χ0n) is 13.4. The largest absolute Gasteiger partial charge is 0.393 e. The molecule has 4 aliphatic carbocycles. The molecular weight excluding hydrogens is 260 g/mol. The fourth-order valence-corrected chi connectivity index (χ4v) is 6.29. The smallest absolute Gasteiger partial charge is 0.133 e. The van der Waals surface area contributed by atoms with Gasteiger partial charge >= 0.3 is 0 Å². The molecule has 2 nitrogen and oxygen atoms in total. The summed E-state index contributed by atoms with van der Waals surface area (Å²) in [5.74, 6) is 2.41. The van der Waals surface area contributed by atoms with Crippen LogP contribution in [0.1, 0.15) is 65.2 Å². The maximum Gasteiger partial charge on any atom is 0.133 e. The molecular formula is C19H28O2. The van der Waals surface area contributed by atoms with Crippen molar-refractivity contribution in [3.63, 3.8) is 0 Å². The fraction of sp³-hybridized carbons (Fsp3) is 0.842. The number of hydrogen-bond donors (Lipinski definition) is 1. The Labute approximate surface area is 128 Å². The molecule has 0 amide bonds. The number of allylic oxidation sites excluding steroid dienone is 2. The van der Waals surface area contributed by atoms with Crippen LogP contribution in [0.2, 0.25) is 0 Å². The molecule has 0 aromatic rings. The monoisotopic (exact) mass is 288 g/mol. The normalized spacial score (nSPS) is 52.7. The fourth-order valence-electron chi connectivity index (χ4n) is 6.29. The Hall–Kier alpha value is -0.630. The van der Waals surface area contributed by atoms with Crippen LogP contribution in [0, 0.1) is 28.6 Å². The number of carbonyl (C=O) groups excluding carboxylic acids is 1. The zero-order valence-corrected chi connectivity index (χ0v) is 13.4. The van der Waals surface area contributed by atoms with Crippen LogP contribution in [0.5, 0.6) is 0 Å². The lowest BCUT2D eigenvalue weighted by atomic mass is 9.49. The van der Waals surface area contributed by atoms with Crippen molar-refractivity contribution in [3.05, 3.63) is 11.6 Å². The second-order valence-corrected chi connectivity index (χ2v) is 8.61. The number of aliphatic hydroxyl groups is 1. The summed E-state index contributed by atoms with van der Waals surface area (Å²) in [5, 5.41) is 10.4. The highest BCUT2D eigenvalue weighted by Crippen LogP contribution is 2.63. The standard InChI is InChI=1S/C19H28O2/c1-18-9-7-13(20)11-12(18)3-4-14-15-5-6-17(21)19(15,2)10-8-16(14)18/h8,12,14-15,17,21H,3-7,9-11H2,1-2H3/t12-,14-,15-,17-,18-,19-/m1/s1. The van der Waals surface area contributed by atoms with E-state index in [4.69, 9.17) is 0 Å². The lowest BCUT2D eigenvalue weighted by Crippen LogP contribution is -2.48. The molecule has 21 heavy (non-hydrogen) atoms. The highest BCUT2D eigenvalue weighted by molar-refractivity contribution is 5.80. The van der Waals surface area contributed by atoms with Gasteiger partial charge in [0, 0.05) is 18.3 Å². The van der Waals surface area contributed by atoms with E-state index in [2.05, 4.69) is 19.9 Å². The van der Waals surface area contributed by atoms with Gasteiger partial charge in [-0.2, -0.15) is 0 Å². The van der Waals surface area contributed by atoms with E-state index in [0.29, 0.717) is 23.5 Å². The summed E-state index contributed by atoms with van der Waals surface area (Å²) in [7, 11) is 0. The minimum atomic E-state index is -0.112. The molecule has 0 saturated heterocycles. The highest BCUT2D eigenvalue weighted by atomic mass is 16.3. The van der Waals surface area contributed by atoms with Crippen LogP contribution in [0.25, 0.3) is 0 Å². The second-order valence-electron chi connectivity index (χ2n) is 8.61. The van der Waals surface area contributed by atoms with Gasteiger partial charge in [0.15, 0.2) is 0 Å². The molecule has 0 heterocycles. The Bertz CT molecular complexity index is 508. The van der Waals surface area contributed by atoms with Crippen LogP contribution in [0.4, 0.5) is 0 Å². The van der Waals surface area contributed by atoms with Crippen LogP contribution in [-0.2, 0) is 4.79 Å². The summed E-state index contributed by atoms with van der Waals surface area (Å²) in [6.45, 7) is 4.73. The predicted molar refractivity (Wildman–Crippen MR) is 82.7 cm³/mol. The second kappa shape index (κ2) is 4.44. The Kier molecular flexibility index (Phi) is 2.96.